The second-order valence-corrected chi connectivity index (χ2v) is 3.76. The summed E-state index contributed by atoms with van der Waals surface area (Å²) in [5, 5.41) is 10.2. The van der Waals surface area contributed by atoms with Crippen LogP contribution in [-0.4, -0.2) is 4.98 Å². The first-order chi connectivity index (χ1) is 7.81. The maximum atomic E-state index is 8.46. The molecule has 1 aromatic heterocycles. The van der Waals surface area contributed by atoms with Gasteiger partial charge in [-0.3, -0.25) is 4.98 Å². The molecular formula is C13H9ClN2. The summed E-state index contributed by atoms with van der Waals surface area (Å²) in [7, 11) is 0. The van der Waals surface area contributed by atoms with E-state index >= 15 is 0 Å². The van der Waals surface area contributed by atoms with Gasteiger partial charge >= 0.3 is 0 Å². The molecule has 0 saturated heterocycles. The van der Waals surface area contributed by atoms with Crippen molar-refractivity contribution < 1.29 is 0 Å². The van der Waals surface area contributed by atoms with Crippen LogP contribution in [0, 0.1) is 11.3 Å². The largest absolute Gasteiger partial charge is 0.256 e. The molecule has 0 unspecified atom stereocenters. The van der Waals surface area contributed by atoms with E-state index in [0.29, 0.717) is 11.4 Å². The van der Waals surface area contributed by atoms with E-state index < -0.39 is 0 Å². The number of halogens is 1. The number of nitrogens with zero attached hydrogens (tertiary/aromatic N) is 2. The summed E-state index contributed by atoms with van der Waals surface area (Å²) in [4.78, 5) is 4.25. The van der Waals surface area contributed by atoms with Crippen LogP contribution in [0.25, 0.3) is 17.0 Å². The van der Waals surface area contributed by atoms with Crippen molar-refractivity contribution in [2.45, 2.75) is 6.42 Å². The number of rotatable bonds is 2. The lowest BCUT2D eigenvalue weighted by atomic mass is 10.1. The van der Waals surface area contributed by atoms with Gasteiger partial charge in [-0.1, -0.05) is 29.8 Å². The maximum Gasteiger partial charge on any atom is 0.0722 e. The van der Waals surface area contributed by atoms with Crippen LogP contribution in [0.1, 0.15) is 12.0 Å². The summed E-state index contributed by atoms with van der Waals surface area (Å²) in [6.07, 6.45) is 5.92. The monoisotopic (exact) mass is 228 g/mol. The summed E-state index contributed by atoms with van der Waals surface area (Å²) in [5.74, 6) is 0. The molecule has 3 heteroatoms. The van der Waals surface area contributed by atoms with Crippen molar-refractivity contribution in [2.24, 2.45) is 0 Å². The first kappa shape index (κ1) is 10.7. The number of hydrogen-bond donors (Lipinski definition) is 0. The quantitative estimate of drug-likeness (QED) is 0.784. The normalized spacial score (nSPS) is 10.8. The Labute approximate surface area is 98.8 Å². The van der Waals surface area contributed by atoms with Gasteiger partial charge in [0.05, 0.1) is 18.0 Å². The number of allylic oxidation sites excluding steroid dienone is 1. The van der Waals surface area contributed by atoms with Crippen LogP contribution in [0.3, 0.4) is 0 Å². The highest BCUT2D eigenvalue weighted by Crippen LogP contribution is 2.21. The van der Waals surface area contributed by atoms with Crippen LogP contribution in [0.2, 0.25) is 5.02 Å². The van der Waals surface area contributed by atoms with Crippen LogP contribution in [-0.2, 0) is 0 Å². The summed E-state index contributed by atoms with van der Waals surface area (Å²) < 4.78 is 0. The standard InChI is InChI=1S/C13H9ClN2/c14-11-4-5-12-10(3-1-2-7-15)6-8-16-13(12)9-11/h1,3-6,8-9H,2H2. The average Bonchev–Trinajstić information content (AvgIpc) is 2.29. The molecule has 0 atom stereocenters. The molecule has 2 aromatic rings. The highest BCUT2D eigenvalue weighted by molar-refractivity contribution is 6.31. The second-order valence-electron chi connectivity index (χ2n) is 3.33. The van der Waals surface area contributed by atoms with Gasteiger partial charge in [0, 0.05) is 16.6 Å². The van der Waals surface area contributed by atoms with Gasteiger partial charge in [0.25, 0.3) is 0 Å². The van der Waals surface area contributed by atoms with Gasteiger partial charge < -0.3 is 0 Å². The number of hydrogen-bond acceptors (Lipinski definition) is 2. The summed E-state index contributed by atoms with van der Waals surface area (Å²) >= 11 is 5.90. The Balaban J connectivity index is 2.50. The summed E-state index contributed by atoms with van der Waals surface area (Å²) in [6, 6.07) is 9.61. The number of nitriles is 1. The smallest absolute Gasteiger partial charge is 0.0722 e. The SMILES string of the molecule is N#CCC=Cc1ccnc2cc(Cl)ccc12. The van der Waals surface area contributed by atoms with E-state index in [9.17, 15) is 0 Å². The van der Waals surface area contributed by atoms with Gasteiger partial charge in [0.1, 0.15) is 0 Å². The van der Waals surface area contributed by atoms with Gasteiger partial charge in [-0.2, -0.15) is 5.26 Å². The highest BCUT2D eigenvalue weighted by Gasteiger charge is 1.99. The summed E-state index contributed by atoms with van der Waals surface area (Å²) in [6.45, 7) is 0. The molecule has 2 nitrogen and oxygen atoms in total. The third kappa shape index (κ3) is 2.21. The van der Waals surface area contributed by atoms with Gasteiger partial charge in [0.2, 0.25) is 0 Å². The van der Waals surface area contributed by atoms with Crippen molar-refractivity contribution in [1.29, 1.82) is 5.26 Å². The molecule has 78 valence electrons. The second kappa shape index (κ2) is 4.78. The number of fused-ring (bicyclic) bond motifs is 1. The van der Waals surface area contributed by atoms with Crippen LogP contribution in [0.15, 0.2) is 36.5 Å². The lowest BCUT2D eigenvalue weighted by Gasteiger charge is -2.01. The minimum atomic E-state index is 0.414. The van der Waals surface area contributed by atoms with Crippen LogP contribution in [0.5, 0.6) is 0 Å². The fourth-order valence-electron chi connectivity index (χ4n) is 1.53. The Morgan fingerprint density at radius 3 is 3.06 bits per heavy atom. The molecule has 0 aliphatic rings. The lowest BCUT2D eigenvalue weighted by molar-refractivity contribution is 1.36. The molecule has 1 heterocycles. The highest BCUT2D eigenvalue weighted by atomic mass is 35.5. The molecule has 0 saturated carbocycles. The van der Waals surface area contributed by atoms with Gasteiger partial charge in [-0.15, -0.1) is 0 Å². The number of pyridine rings is 1. The Morgan fingerprint density at radius 1 is 1.38 bits per heavy atom. The van der Waals surface area contributed by atoms with E-state index in [1.807, 2.05) is 36.4 Å². The lowest BCUT2D eigenvalue weighted by Crippen LogP contribution is -1.82. The Morgan fingerprint density at radius 2 is 2.25 bits per heavy atom. The molecule has 0 amide bonds. The van der Waals surface area contributed by atoms with Crippen LogP contribution in [0.4, 0.5) is 0 Å². The van der Waals surface area contributed by atoms with Crippen LogP contribution >= 0.6 is 11.6 Å². The van der Waals surface area contributed by atoms with E-state index in [2.05, 4.69) is 11.1 Å². The maximum absolute atomic E-state index is 8.46. The molecule has 0 aliphatic heterocycles. The molecule has 0 aliphatic carbocycles. The number of aromatic nitrogens is 1. The Kier molecular flexibility index (Phi) is 3.19. The van der Waals surface area contributed by atoms with Crippen molar-refractivity contribution in [3.05, 3.63) is 47.1 Å². The van der Waals surface area contributed by atoms with Crippen molar-refractivity contribution in [2.75, 3.05) is 0 Å². The zero-order chi connectivity index (χ0) is 11.4. The fraction of sp³-hybridized carbons (Fsp3) is 0.0769. The van der Waals surface area contributed by atoms with E-state index in [4.69, 9.17) is 16.9 Å². The first-order valence-corrected chi connectivity index (χ1v) is 5.27. The molecule has 0 bridgehead atoms. The molecular weight excluding hydrogens is 220 g/mol. The van der Waals surface area contributed by atoms with Crippen molar-refractivity contribution in [3.8, 4) is 6.07 Å². The molecule has 0 spiro atoms. The van der Waals surface area contributed by atoms with Crippen LogP contribution < -0.4 is 0 Å². The molecule has 0 fully saturated rings. The zero-order valence-corrected chi connectivity index (χ0v) is 9.28. The van der Waals surface area contributed by atoms with Crippen molar-refractivity contribution in [1.82, 2.24) is 4.98 Å². The van der Waals surface area contributed by atoms with Gasteiger partial charge in [0.15, 0.2) is 0 Å². The Bertz CT molecular complexity index is 582. The Hall–Kier alpha value is -1.85. The van der Waals surface area contributed by atoms with E-state index in [-0.39, 0.29) is 0 Å². The molecule has 0 N–H and O–H groups in total. The van der Waals surface area contributed by atoms with Crippen molar-refractivity contribution in [3.63, 3.8) is 0 Å². The minimum absolute atomic E-state index is 0.414. The van der Waals surface area contributed by atoms with E-state index in [1.54, 1.807) is 6.20 Å². The van der Waals surface area contributed by atoms with Gasteiger partial charge in [-0.25, -0.2) is 0 Å². The third-order valence-corrected chi connectivity index (χ3v) is 2.48. The van der Waals surface area contributed by atoms with Crippen molar-refractivity contribution >= 4 is 28.6 Å². The first-order valence-electron chi connectivity index (χ1n) is 4.89. The predicted molar refractivity (Wildman–Crippen MR) is 66.0 cm³/mol. The third-order valence-electron chi connectivity index (χ3n) is 2.25. The van der Waals surface area contributed by atoms with Gasteiger partial charge in [-0.05, 0) is 23.8 Å². The summed E-state index contributed by atoms with van der Waals surface area (Å²) in [5.41, 5.74) is 1.92. The molecule has 2 rings (SSSR count). The molecule has 1 aromatic carbocycles. The zero-order valence-electron chi connectivity index (χ0n) is 8.52. The van der Waals surface area contributed by atoms with E-state index in [1.165, 1.54) is 0 Å². The average molecular weight is 229 g/mol. The fourth-order valence-corrected chi connectivity index (χ4v) is 1.69. The molecule has 0 radical (unpaired) electrons. The topological polar surface area (TPSA) is 36.7 Å². The van der Waals surface area contributed by atoms with E-state index in [0.717, 1.165) is 16.5 Å². The molecule has 16 heavy (non-hydrogen) atoms. The number of benzene rings is 1. The minimum Gasteiger partial charge on any atom is -0.256 e. The predicted octanol–water partition coefficient (Wildman–Crippen LogP) is 3.82.